The van der Waals surface area contributed by atoms with Crippen LogP contribution in [0.1, 0.15) is 56.3 Å². The number of hydrogen-bond donors (Lipinski definition) is 1. The summed E-state index contributed by atoms with van der Waals surface area (Å²) in [5, 5.41) is 0. The maximum Gasteiger partial charge on any atom is 0.253 e. The van der Waals surface area contributed by atoms with E-state index in [-0.39, 0.29) is 28.9 Å². The maximum absolute atomic E-state index is 13.1. The SMILES string of the molecule is CC1(C)C2CCC1(CS(=O)(=O)NC1CCCN(C(=O)c3ccccc3)C1)C(=O)C2. The minimum Gasteiger partial charge on any atom is -0.337 e. The van der Waals surface area contributed by atoms with E-state index in [2.05, 4.69) is 4.72 Å². The van der Waals surface area contributed by atoms with Crippen molar-refractivity contribution in [2.75, 3.05) is 18.8 Å². The number of nitrogens with zero attached hydrogens (tertiary/aromatic N) is 1. The van der Waals surface area contributed by atoms with Gasteiger partial charge in [0.1, 0.15) is 5.78 Å². The van der Waals surface area contributed by atoms with E-state index in [1.54, 1.807) is 17.0 Å². The van der Waals surface area contributed by atoms with Gasteiger partial charge in [-0.15, -0.1) is 0 Å². The van der Waals surface area contributed by atoms with E-state index >= 15 is 0 Å². The van der Waals surface area contributed by atoms with Gasteiger partial charge in [0.05, 0.1) is 5.75 Å². The molecular formula is C22H30N2O4S. The van der Waals surface area contributed by atoms with Crippen molar-refractivity contribution in [3.05, 3.63) is 35.9 Å². The van der Waals surface area contributed by atoms with Crippen molar-refractivity contribution in [2.24, 2.45) is 16.7 Å². The number of ketones is 1. The Balaban J connectivity index is 1.44. The van der Waals surface area contributed by atoms with Gasteiger partial charge in [0.15, 0.2) is 0 Å². The predicted octanol–water partition coefficient (Wildman–Crippen LogP) is 2.61. The van der Waals surface area contributed by atoms with Crippen LogP contribution in [0.5, 0.6) is 0 Å². The largest absolute Gasteiger partial charge is 0.337 e. The first-order chi connectivity index (χ1) is 13.6. The zero-order valence-electron chi connectivity index (χ0n) is 17.2. The van der Waals surface area contributed by atoms with Crippen molar-refractivity contribution in [3.63, 3.8) is 0 Å². The number of carbonyl (C=O) groups is 2. The molecule has 0 aromatic heterocycles. The number of hydrogen-bond acceptors (Lipinski definition) is 4. The molecule has 3 fully saturated rings. The molecule has 1 heterocycles. The number of Topliss-reactive ketones (excluding diaryl/α,β-unsaturated/α-hetero) is 1. The van der Waals surface area contributed by atoms with Crippen LogP contribution in [0.3, 0.4) is 0 Å². The van der Waals surface area contributed by atoms with Crippen molar-refractivity contribution >= 4 is 21.7 Å². The minimum absolute atomic E-state index is 0.0705. The standard InChI is InChI=1S/C22H30N2O4S/c1-21(2)17-10-11-22(21,19(25)13-17)15-29(27,28)23-18-9-6-12-24(14-18)20(26)16-7-4-3-5-8-16/h3-5,7-8,17-18,23H,6,9-15H2,1-2H3. The summed E-state index contributed by atoms with van der Waals surface area (Å²) in [5.74, 6) is 0.192. The summed E-state index contributed by atoms with van der Waals surface area (Å²) in [6, 6.07) is 8.76. The molecule has 2 saturated carbocycles. The lowest BCUT2D eigenvalue weighted by molar-refractivity contribution is -0.128. The first-order valence-corrected chi connectivity index (χ1v) is 12.2. The van der Waals surface area contributed by atoms with Gasteiger partial charge in [0.2, 0.25) is 10.0 Å². The Morgan fingerprint density at radius 1 is 1.21 bits per heavy atom. The molecule has 1 aliphatic heterocycles. The highest BCUT2D eigenvalue weighted by molar-refractivity contribution is 7.89. The summed E-state index contributed by atoms with van der Waals surface area (Å²) >= 11 is 0. The number of nitrogens with one attached hydrogen (secondary N) is 1. The van der Waals surface area contributed by atoms with Crippen LogP contribution in [0.2, 0.25) is 0 Å². The van der Waals surface area contributed by atoms with Gasteiger partial charge in [-0.1, -0.05) is 32.0 Å². The summed E-state index contributed by atoms with van der Waals surface area (Å²) in [7, 11) is -3.64. The topological polar surface area (TPSA) is 83.6 Å². The van der Waals surface area contributed by atoms with Crippen LogP contribution in [0, 0.1) is 16.7 Å². The van der Waals surface area contributed by atoms with Crippen molar-refractivity contribution in [2.45, 2.75) is 52.0 Å². The summed E-state index contributed by atoms with van der Waals surface area (Å²) in [4.78, 5) is 27.1. The monoisotopic (exact) mass is 418 g/mol. The van der Waals surface area contributed by atoms with Gasteiger partial charge in [0.25, 0.3) is 5.91 Å². The Morgan fingerprint density at radius 3 is 2.55 bits per heavy atom. The fraction of sp³-hybridized carbons (Fsp3) is 0.636. The summed E-state index contributed by atoms with van der Waals surface area (Å²) in [5.41, 5.74) is -0.427. The van der Waals surface area contributed by atoms with E-state index in [9.17, 15) is 18.0 Å². The van der Waals surface area contributed by atoms with Crippen LogP contribution >= 0.6 is 0 Å². The van der Waals surface area contributed by atoms with E-state index in [0.29, 0.717) is 43.8 Å². The summed E-state index contributed by atoms with van der Waals surface area (Å²) in [6.07, 6.45) is 3.55. The number of rotatable bonds is 5. The van der Waals surface area contributed by atoms with Crippen LogP contribution in [0.4, 0.5) is 0 Å². The molecule has 3 aliphatic rings. The Hall–Kier alpha value is -1.73. The molecule has 29 heavy (non-hydrogen) atoms. The highest BCUT2D eigenvalue weighted by Crippen LogP contribution is 2.64. The fourth-order valence-electron chi connectivity index (χ4n) is 5.75. The van der Waals surface area contributed by atoms with Crippen molar-refractivity contribution < 1.29 is 18.0 Å². The lowest BCUT2D eigenvalue weighted by Crippen LogP contribution is -2.52. The maximum atomic E-state index is 13.1. The van der Waals surface area contributed by atoms with Gasteiger partial charge in [0, 0.05) is 36.5 Å². The Kier molecular flexibility index (Phi) is 5.10. The van der Waals surface area contributed by atoms with Gasteiger partial charge in [-0.05, 0) is 49.1 Å². The molecule has 3 atom stereocenters. The third-order valence-corrected chi connectivity index (χ3v) is 9.22. The number of benzene rings is 1. The third-order valence-electron chi connectivity index (χ3n) is 7.65. The second-order valence-electron chi connectivity index (χ2n) is 9.50. The van der Waals surface area contributed by atoms with Crippen LogP contribution in [-0.2, 0) is 14.8 Å². The fourth-order valence-corrected chi connectivity index (χ4v) is 7.86. The normalized spacial score (nSPS) is 31.2. The second kappa shape index (κ2) is 7.20. The quantitative estimate of drug-likeness (QED) is 0.797. The molecule has 1 saturated heterocycles. The molecule has 1 aromatic rings. The Labute approximate surface area is 173 Å². The molecule has 1 N–H and O–H groups in total. The van der Waals surface area contributed by atoms with E-state index in [0.717, 1.165) is 12.8 Å². The van der Waals surface area contributed by atoms with Gasteiger partial charge in [-0.2, -0.15) is 0 Å². The average Bonchev–Trinajstić information content (AvgIpc) is 3.02. The first-order valence-electron chi connectivity index (χ1n) is 10.5. The smallest absolute Gasteiger partial charge is 0.253 e. The van der Waals surface area contributed by atoms with Gasteiger partial charge >= 0.3 is 0 Å². The molecule has 4 rings (SSSR count). The molecule has 3 unspecified atom stereocenters. The van der Waals surface area contributed by atoms with Gasteiger partial charge in [-0.25, -0.2) is 13.1 Å². The molecule has 2 bridgehead atoms. The van der Waals surface area contributed by atoms with E-state index in [4.69, 9.17) is 0 Å². The molecule has 158 valence electrons. The molecule has 0 spiro atoms. The number of piperidine rings is 1. The van der Waals surface area contributed by atoms with E-state index in [1.807, 2.05) is 32.0 Å². The third kappa shape index (κ3) is 3.52. The summed E-state index contributed by atoms with van der Waals surface area (Å²) < 4.78 is 28.9. The second-order valence-corrected chi connectivity index (χ2v) is 11.3. The minimum atomic E-state index is -3.64. The van der Waals surface area contributed by atoms with Crippen molar-refractivity contribution in [1.29, 1.82) is 0 Å². The van der Waals surface area contributed by atoms with Crippen LogP contribution in [0.15, 0.2) is 30.3 Å². The number of sulfonamides is 1. The van der Waals surface area contributed by atoms with E-state index < -0.39 is 15.4 Å². The number of carbonyl (C=O) groups excluding carboxylic acids is 2. The van der Waals surface area contributed by atoms with E-state index in [1.165, 1.54) is 0 Å². The predicted molar refractivity (Wildman–Crippen MR) is 111 cm³/mol. The molecule has 6 nitrogen and oxygen atoms in total. The molecule has 2 aliphatic carbocycles. The van der Waals surface area contributed by atoms with Crippen LogP contribution in [0.25, 0.3) is 0 Å². The lowest BCUT2D eigenvalue weighted by atomic mass is 9.70. The molecular weight excluding hydrogens is 388 g/mol. The Morgan fingerprint density at radius 2 is 1.93 bits per heavy atom. The van der Waals surface area contributed by atoms with Crippen molar-refractivity contribution in [1.82, 2.24) is 9.62 Å². The van der Waals surface area contributed by atoms with Gasteiger partial charge < -0.3 is 4.90 Å². The molecule has 1 amide bonds. The number of likely N-dealkylation sites (tertiary alicyclic amines) is 1. The van der Waals surface area contributed by atoms with Crippen LogP contribution < -0.4 is 4.72 Å². The van der Waals surface area contributed by atoms with Crippen LogP contribution in [-0.4, -0.2) is 49.9 Å². The number of amides is 1. The van der Waals surface area contributed by atoms with Gasteiger partial charge in [-0.3, -0.25) is 9.59 Å². The highest BCUT2D eigenvalue weighted by atomic mass is 32.2. The molecule has 0 radical (unpaired) electrons. The first kappa shape index (κ1) is 20.5. The molecule has 7 heteroatoms. The average molecular weight is 419 g/mol. The summed E-state index contributed by atoms with van der Waals surface area (Å²) in [6.45, 7) is 5.08. The zero-order chi connectivity index (χ0) is 20.9. The Bertz CT molecular complexity index is 912. The number of fused-ring (bicyclic) bond motifs is 2. The zero-order valence-corrected chi connectivity index (χ0v) is 18.0. The lowest BCUT2D eigenvalue weighted by Gasteiger charge is -2.37. The highest BCUT2D eigenvalue weighted by Gasteiger charge is 2.65. The van der Waals surface area contributed by atoms with Crippen molar-refractivity contribution in [3.8, 4) is 0 Å². The molecule has 1 aromatic carbocycles.